The van der Waals surface area contributed by atoms with Gasteiger partial charge in [0.05, 0.1) is 4.90 Å². The average Bonchev–Trinajstić information content (AvgIpc) is 3.03. The van der Waals surface area contributed by atoms with Crippen LogP contribution in [0.3, 0.4) is 0 Å². The van der Waals surface area contributed by atoms with Crippen LogP contribution in [0.2, 0.25) is 0 Å². The van der Waals surface area contributed by atoms with E-state index in [9.17, 15) is 8.42 Å². The molecule has 1 saturated carbocycles. The maximum absolute atomic E-state index is 13.5. The molecule has 2 aliphatic rings. The zero-order valence-corrected chi connectivity index (χ0v) is 16.2. The monoisotopic (exact) mass is 369 g/mol. The summed E-state index contributed by atoms with van der Waals surface area (Å²) in [5, 5.41) is 0. The van der Waals surface area contributed by atoms with Gasteiger partial charge in [0.15, 0.2) is 0 Å². The molecule has 2 fully saturated rings. The first kappa shape index (κ1) is 17.7. The summed E-state index contributed by atoms with van der Waals surface area (Å²) in [5.74, 6) is 0.287. The van der Waals surface area contributed by atoms with Gasteiger partial charge in [-0.2, -0.15) is 4.31 Å². The van der Waals surface area contributed by atoms with Crippen LogP contribution < -0.4 is 0 Å². The number of nitrogens with zero attached hydrogens (tertiary/aromatic N) is 1. The molecule has 1 saturated heterocycles. The first-order valence-corrected chi connectivity index (χ1v) is 11.1. The third kappa shape index (κ3) is 3.10. The second-order valence-corrected chi connectivity index (χ2v) is 9.81. The van der Waals surface area contributed by atoms with Crippen LogP contribution in [-0.2, 0) is 10.0 Å². The van der Waals surface area contributed by atoms with E-state index in [1.807, 2.05) is 29.4 Å². The molecule has 2 aromatic carbocycles. The molecule has 4 rings (SSSR count). The van der Waals surface area contributed by atoms with Crippen molar-refractivity contribution in [3.05, 3.63) is 65.7 Å². The zero-order valence-electron chi connectivity index (χ0n) is 15.4. The molecule has 1 aliphatic carbocycles. The largest absolute Gasteiger partial charge is 0.243 e. The van der Waals surface area contributed by atoms with Crippen LogP contribution in [0.5, 0.6) is 0 Å². The lowest BCUT2D eigenvalue weighted by Gasteiger charge is -2.40. The number of sulfonamides is 1. The molecule has 0 radical (unpaired) electrons. The fourth-order valence-corrected chi connectivity index (χ4v) is 6.70. The molecule has 0 amide bonds. The Hall–Kier alpha value is -1.65. The summed E-state index contributed by atoms with van der Waals surface area (Å²) in [4.78, 5) is 0.432. The molecular weight excluding hydrogens is 342 g/mol. The van der Waals surface area contributed by atoms with Gasteiger partial charge in [-0.05, 0) is 49.8 Å². The second-order valence-electron chi connectivity index (χ2n) is 7.95. The summed E-state index contributed by atoms with van der Waals surface area (Å²) in [6.45, 7) is 2.58. The molecule has 138 valence electrons. The van der Waals surface area contributed by atoms with Crippen LogP contribution >= 0.6 is 0 Å². The maximum Gasteiger partial charge on any atom is 0.243 e. The van der Waals surface area contributed by atoms with Gasteiger partial charge in [-0.3, -0.25) is 0 Å². The minimum atomic E-state index is -3.47. The van der Waals surface area contributed by atoms with E-state index < -0.39 is 10.0 Å². The highest BCUT2D eigenvalue weighted by Gasteiger charge is 2.51. The summed E-state index contributed by atoms with van der Waals surface area (Å²) in [6, 6.07) is 17.7. The Morgan fingerprint density at radius 3 is 2.23 bits per heavy atom. The SMILES string of the molecule is Cc1ccc(S(=O)(=O)N2CC(c3ccccc3)CC23CCCCC3)cc1. The van der Waals surface area contributed by atoms with E-state index in [2.05, 4.69) is 24.3 Å². The van der Waals surface area contributed by atoms with E-state index >= 15 is 0 Å². The van der Waals surface area contributed by atoms with Gasteiger partial charge in [-0.1, -0.05) is 67.3 Å². The van der Waals surface area contributed by atoms with Crippen LogP contribution in [0.4, 0.5) is 0 Å². The van der Waals surface area contributed by atoms with Crippen molar-refractivity contribution in [1.82, 2.24) is 4.31 Å². The average molecular weight is 370 g/mol. The second kappa shape index (κ2) is 6.82. The van der Waals surface area contributed by atoms with Gasteiger partial charge in [0.25, 0.3) is 0 Å². The van der Waals surface area contributed by atoms with Gasteiger partial charge in [0.1, 0.15) is 0 Å². The van der Waals surface area contributed by atoms with Crippen molar-refractivity contribution in [3.63, 3.8) is 0 Å². The predicted octanol–water partition coefficient (Wildman–Crippen LogP) is 4.88. The van der Waals surface area contributed by atoms with Crippen molar-refractivity contribution < 1.29 is 8.42 Å². The van der Waals surface area contributed by atoms with Crippen molar-refractivity contribution in [3.8, 4) is 0 Å². The molecule has 26 heavy (non-hydrogen) atoms. The molecular formula is C22H27NO2S. The Kier molecular flexibility index (Phi) is 4.66. The van der Waals surface area contributed by atoms with Gasteiger partial charge < -0.3 is 0 Å². The van der Waals surface area contributed by atoms with Crippen molar-refractivity contribution in [2.24, 2.45) is 0 Å². The van der Waals surface area contributed by atoms with Crippen LogP contribution in [0.25, 0.3) is 0 Å². The maximum atomic E-state index is 13.5. The third-order valence-corrected chi connectivity index (χ3v) is 8.19. The third-order valence-electron chi connectivity index (χ3n) is 6.21. The molecule has 0 aromatic heterocycles. The molecule has 1 heterocycles. The Bertz CT molecular complexity index is 853. The van der Waals surface area contributed by atoms with Crippen molar-refractivity contribution >= 4 is 10.0 Å². The van der Waals surface area contributed by atoms with Crippen LogP contribution in [0.15, 0.2) is 59.5 Å². The van der Waals surface area contributed by atoms with E-state index in [-0.39, 0.29) is 11.5 Å². The summed E-state index contributed by atoms with van der Waals surface area (Å²) >= 11 is 0. The van der Waals surface area contributed by atoms with E-state index in [1.165, 1.54) is 12.0 Å². The molecule has 3 nitrogen and oxygen atoms in total. The van der Waals surface area contributed by atoms with E-state index in [0.717, 1.165) is 37.7 Å². The van der Waals surface area contributed by atoms with Gasteiger partial charge in [0, 0.05) is 12.1 Å². The summed E-state index contributed by atoms with van der Waals surface area (Å²) < 4.78 is 28.9. The highest BCUT2D eigenvalue weighted by Crippen LogP contribution is 2.49. The lowest BCUT2D eigenvalue weighted by atomic mass is 9.78. The van der Waals surface area contributed by atoms with Crippen molar-refractivity contribution in [2.45, 2.75) is 61.8 Å². The predicted molar refractivity (Wildman–Crippen MR) is 105 cm³/mol. The van der Waals surface area contributed by atoms with Gasteiger partial charge in [0.2, 0.25) is 10.0 Å². The molecule has 0 N–H and O–H groups in total. The molecule has 1 atom stereocenters. The molecule has 4 heteroatoms. The van der Waals surface area contributed by atoms with E-state index in [4.69, 9.17) is 0 Å². The first-order valence-electron chi connectivity index (χ1n) is 9.66. The van der Waals surface area contributed by atoms with Crippen molar-refractivity contribution in [1.29, 1.82) is 0 Å². The highest BCUT2D eigenvalue weighted by molar-refractivity contribution is 7.89. The quantitative estimate of drug-likeness (QED) is 0.773. The number of rotatable bonds is 3. The topological polar surface area (TPSA) is 37.4 Å². The van der Waals surface area contributed by atoms with Crippen molar-refractivity contribution in [2.75, 3.05) is 6.54 Å². The first-order chi connectivity index (χ1) is 12.5. The van der Waals surface area contributed by atoms with Gasteiger partial charge in [-0.15, -0.1) is 0 Å². The highest BCUT2D eigenvalue weighted by atomic mass is 32.2. The lowest BCUT2D eigenvalue weighted by molar-refractivity contribution is 0.171. The fourth-order valence-electron chi connectivity index (χ4n) is 4.82. The minimum Gasteiger partial charge on any atom is -0.207 e. The number of aryl methyl sites for hydroxylation is 1. The minimum absolute atomic E-state index is 0.206. The van der Waals surface area contributed by atoms with Crippen LogP contribution in [-0.4, -0.2) is 24.8 Å². The molecule has 1 spiro atoms. The Balaban J connectivity index is 1.73. The standard InChI is InChI=1S/C22H27NO2S/c1-18-10-12-21(13-11-18)26(24,25)23-17-20(19-8-4-2-5-9-19)16-22(23)14-6-3-7-15-22/h2,4-5,8-13,20H,3,6-7,14-17H2,1H3. The Morgan fingerprint density at radius 1 is 0.923 bits per heavy atom. The summed E-state index contributed by atoms with van der Waals surface area (Å²) in [6.07, 6.45) is 6.39. The summed E-state index contributed by atoms with van der Waals surface area (Å²) in [7, 11) is -3.47. The Labute approximate surface area is 157 Å². The Morgan fingerprint density at radius 2 is 1.58 bits per heavy atom. The number of hydrogen-bond donors (Lipinski definition) is 0. The van der Waals surface area contributed by atoms with Crippen LogP contribution in [0.1, 0.15) is 55.6 Å². The van der Waals surface area contributed by atoms with E-state index in [0.29, 0.717) is 11.4 Å². The number of benzene rings is 2. The van der Waals surface area contributed by atoms with Gasteiger partial charge >= 0.3 is 0 Å². The fraction of sp³-hybridized carbons (Fsp3) is 0.455. The molecule has 2 aromatic rings. The van der Waals surface area contributed by atoms with Crippen LogP contribution in [0, 0.1) is 6.92 Å². The number of hydrogen-bond acceptors (Lipinski definition) is 2. The summed E-state index contributed by atoms with van der Waals surface area (Å²) in [5.41, 5.74) is 2.14. The normalized spacial score (nSPS) is 23.3. The molecule has 1 aliphatic heterocycles. The molecule has 0 bridgehead atoms. The van der Waals surface area contributed by atoms with E-state index in [1.54, 1.807) is 12.1 Å². The van der Waals surface area contributed by atoms with Gasteiger partial charge in [-0.25, -0.2) is 8.42 Å². The molecule has 1 unspecified atom stereocenters. The zero-order chi connectivity index (χ0) is 18.2. The smallest absolute Gasteiger partial charge is 0.207 e. The lowest BCUT2D eigenvalue weighted by Crippen LogP contribution is -2.48.